The van der Waals surface area contributed by atoms with Gasteiger partial charge in [-0.1, -0.05) is 0 Å². The van der Waals surface area contributed by atoms with Gasteiger partial charge in [0.05, 0.1) is 6.42 Å². The number of carboxylic acid groups (broad SMARTS) is 1. The average Bonchev–Trinajstić information content (AvgIpc) is 2.61. The van der Waals surface area contributed by atoms with Gasteiger partial charge in [0.15, 0.2) is 0 Å². The standard InChI is InChI=1S/C17H22N4O4/c1-21(10-8-15(22)23)17(24)20-13-4-6-14(7-5-13)25-16-12(11-18)3-2-9-19-16/h2-3,9,13-14H,4-8,10H2,1H3,(H,20,24)(H,22,23). The zero-order chi connectivity index (χ0) is 18.2. The zero-order valence-electron chi connectivity index (χ0n) is 14.1. The number of aliphatic carboxylic acids is 1. The number of rotatable bonds is 6. The Morgan fingerprint density at radius 1 is 1.44 bits per heavy atom. The van der Waals surface area contributed by atoms with Crippen molar-refractivity contribution in [1.82, 2.24) is 15.2 Å². The van der Waals surface area contributed by atoms with Gasteiger partial charge in [0, 0.05) is 25.8 Å². The number of carbonyl (C=O) groups excluding carboxylic acids is 1. The summed E-state index contributed by atoms with van der Waals surface area (Å²) in [6, 6.07) is 5.20. The van der Waals surface area contributed by atoms with E-state index in [2.05, 4.69) is 16.4 Å². The van der Waals surface area contributed by atoms with Crippen LogP contribution in [0.2, 0.25) is 0 Å². The van der Waals surface area contributed by atoms with E-state index in [0.717, 1.165) is 25.7 Å². The van der Waals surface area contributed by atoms with Crippen LogP contribution >= 0.6 is 0 Å². The van der Waals surface area contributed by atoms with Crippen LogP contribution in [0.25, 0.3) is 0 Å². The van der Waals surface area contributed by atoms with Crippen LogP contribution in [0.4, 0.5) is 4.79 Å². The van der Waals surface area contributed by atoms with Crippen molar-refractivity contribution in [1.29, 1.82) is 5.26 Å². The fourth-order valence-electron chi connectivity index (χ4n) is 2.70. The van der Waals surface area contributed by atoms with Crippen LogP contribution in [0.15, 0.2) is 18.3 Å². The SMILES string of the molecule is CN(CCC(=O)O)C(=O)NC1CCC(Oc2ncccc2C#N)CC1. The van der Waals surface area contributed by atoms with Crippen molar-refractivity contribution in [2.24, 2.45) is 0 Å². The maximum atomic E-state index is 12.0. The average molecular weight is 346 g/mol. The lowest BCUT2D eigenvalue weighted by Crippen LogP contribution is -2.45. The van der Waals surface area contributed by atoms with Gasteiger partial charge in [-0.05, 0) is 37.8 Å². The number of amides is 2. The van der Waals surface area contributed by atoms with Crippen molar-refractivity contribution < 1.29 is 19.4 Å². The molecule has 0 aromatic carbocycles. The van der Waals surface area contributed by atoms with Gasteiger partial charge in [0.25, 0.3) is 0 Å². The van der Waals surface area contributed by atoms with Crippen molar-refractivity contribution in [2.45, 2.75) is 44.2 Å². The number of hydrogen-bond donors (Lipinski definition) is 2. The summed E-state index contributed by atoms with van der Waals surface area (Å²) in [6.07, 6.45) is 4.52. The molecule has 0 atom stereocenters. The lowest BCUT2D eigenvalue weighted by molar-refractivity contribution is -0.137. The molecule has 0 radical (unpaired) electrons. The topological polar surface area (TPSA) is 116 Å². The highest BCUT2D eigenvalue weighted by atomic mass is 16.5. The molecular weight excluding hydrogens is 324 g/mol. The molecule has 2 rings (SSSR count). The number of urea groups is 1. The summed E-state index contributed by atoms with van der Waals surface area (Å²) >= 11 is 0. The molecule has 1 fully saturated rings. The molecule has 2 amide bonds. The smallest absolute Gasteiger partial charge is 0.317 e. The predicted octanol–water partition coefficient (Wildman–Crippen LogP) is 1.76. The fourth-order valence-corrected chi connectivity index (χ4v) is 2.70. The summed E-state index contributed by atoms with van der Waals surface area (Å²) in [5.74, 6) is -0.575. The van der Waals surface area contributed by atoms with Gasteiger partial charge in [-0.25, -0.2) is 9.78 Å². The number of nitrogens with one attached hydrogen (secondary N) is 1. The van der Waals surface area contributed by atoms with Crippen LogP contribution < -0.4 is 10.1 Å². The molecule has 1 aliphatic rings. The van der Waals surface area contributed by atoms with Gasteiger partial charge in [-0.3, -0.25) is 4.79 Å². The first-order valence-corrected chi connectivity index (χ1v) is 8.24. The Kier molecular flexibility index (Phi) is 6.57. The Labute approximate surface area is 146 Å². The first kappa shape index (κ1) is 18.5. The third kappa shape index (κ3) is 5.64. The second kappa shape index (κ2) is 8.87. The summed E-state index contributed by atoms with van der Waals surface area (Å²) in [4.78, 5) is 28.1. The maximum Gasteiger partial charge on any atom is 0.317 e. The predicted molar refractivity (Wildman–Crippen MR) is 89.0 cm³/mol. The molecule has 8 nitrogen and oxygen atoms in total. The minimum absolute atomic E-state index is 0.0279. The molecule has 1 aliphatic carbocycles. The zero-order valence-corrected chi connectivity index (χ0v) is 14.1. The van der Waals surface area contributed by atoms with E-state index in [9.17, 15) is 9.59 Å². The van der Waals surface area contributed by atoms with Gasteiger partial charge in [-0.2, -0.15) is 5.26 Å². The summed E-state index contributed by atoms with van der Waals surface area (Å²) in [5, 5.41) is 20.6. The van der Waals surface area contributed by atoms with E-state index in [0.29, 0.717) is 11.4 Å². The van der Waals surface area contributed by atoms with Gasteiger partial charge < -0.3 is 20.1 Å². The van der Waals surface area contributed by atoms with Crippen LogP contribution in [-0.2, 0) is 4.79 Å². The number of nitriles is 1. The number of hydrogen-bond acceptors (Lipinski definition) is 5. The lowest BCUT2D eigenvalue weighted by atomic mass is 9.93. The van der Waals surface area contributed by atoms with Gasteiger partial charge >= 0.3 is 12.0 Å². The number of aromatic nitrogens is 1. The molecule has 8 heteroatoms. The molecule has 134 valence electrons. The summed E-state index contributed by atoms with van der Waals surface area (Å²) in [7, 11) is 1.58. The summed E-state index contributed by atoms with van der Waals surface area (Å²) in [6.45, 7) is 0.177. The Morgan fingerprint density at radius 3 is 2.80 bits per heavy atom. The van der Waals surface area contributed by atoms with Gasteiger partial charge in [0.1, 0.15) is 17.7 Å². The molecular formula is C17H22N4O4. The van der Waals surface area contributed by atoms with Crippen molar-refractivity contribution in [3.05, 3.63) is 23.9 Å². The Balaban J connectivity index is 1.77. The van der Waals surface area contributed by atoms with Crippen molar-refractivity contribution in [3.8, 4) is 11.9 Å². The maximum absolute atomic E-state index is 12.0. The van der Waals surface area contributed by atoms with Gasteiger partial charge in [-0.15, -0.1) is 0 Å². The first-order valence-electron chi connectivity index (χ1n) is 8.24. The number of carboxylic acids is 1. The third-order valence-electron chi connectivity index (χ3n) is 4.18. The first-order chi connectivity index (χ1) is 12.0. The minimum atomic E-state index is -0.927. The van der Waals surface area contributed by atoms with Crippen molar-refractivity contribution in [3.63, 3.8) is 0 Å². The van der Waals surface area contributed by atoms with E-state index < -0.39 is 5.97 Å². The number of nitrogens with zero attached hydrogens (tertiary/aromatic N) is 3. The van der Waals surface area contributed by atoms with Crippen molar-refractivity contribution in [2.75, 3.05) is 13.6 Å². The largest absolute Gasteiger partial charge is 0.481 e. The fraction of sp³-hybridized carbons (Fsp3) is 0.529. The molecule has 1 aromatic heterocycles. The summed E-state index contributed by atoms with van der Waals surface area (Å²) in [5.41, 5.74) is 0.415. The molecule has 0 aliphatic heterocycles. The third-order valence-corrected chi connectivity index (χ3v) is 4.18. The van der Waals surface area contributed by atoms with E-state index in [-0.39, 0.29) is 31.1 Å². The second-order valence-corrected chi connectivity index (χ2v) is 6.07. The second-order valence-electron chi connectivity index (χ2n) is 6.07. The van der Waals surface area contributed by atoms with Crippen LogP contribution in [0.3, 0.4) is 0 Å². The molecule has 0 spiro atoms. The highest BCUT2D eigenvalue weighted by Crippen LogP contribution is 2.24. The van der Waals surface area contributed by atoms with Crippen LogP contribution in [0, 0.1) is 11.3 Å². The van der Waals surface area contributed by atoms with E-state index in [4.69, 9.17) is 15.1 Å². The molecule has 25 heavy (non-hydrogen) atoms. The van der Waals surface area contributed by atoms with E-state index in [1.165, 1.54) is 4.90 Å². The quantitative estimate of drug-likeness (QED) is 0.811. The Bertz CT molecular complexity index is 650. The van der Waals surface area contributed by atoms with Crippen molar-refractivity contribution >= 4 is 12.0 Å². The molecule has 1 saturated carbocycles. The normalized spacial score (nSPS) is 19.5. The molecule has 2 N–H and O–H groups in total. The summed E-state index contributed by atoms with van der Waals surface area (Å²) < 4.78 is 5.82. The van der Waals surface area contributed by atoms with E-state index >= 15 is 0 Å². The van der Waals surface area contributed by atoms with Crippen LogP contribution in [0.1, 0.15) is 37.7 Å². The van der Waals surface area contributed by atoms with E-state index in [1.807, 2.05) is 0 Å². The molecule has 1 heterocycles. The number of carbonyl (C=O) groups is 2. The van der Waals surface area contributed by atoms with Gasteiger partial charge in [0.2, 0.25) is 5.88 Å². The monoisotopic (exact) mass is 346 g/mol. The number of pyridine rings is 1. The molecule has 0 saturated heterocycles. The Morgan fingerprint density at radius 2 is 2.16 bits per heavy atom. The highest BCUT2D eigenvalue weighted by molar-refractivity contribution is 5.75. The molecule has 1 aromatic rings. The Hall–Kier alpha value is -2.82. The van der Waals surface area contributed by atoms with Crippen LogP contribution in [0.5, 0.6) is 5.88 Å². The minimum Gasteiger partial charge on any atom is -0.481 e. The lowest BCUT2D eigenvalue weighted by Gasteiger charge is -2.30. The molecule has 0 bridgehead atoms. The van der Waals surface area contributed by atoms with E-state index in [1.54, 1.807) is 25.4 Å². The highest BCUT2D eigenvalue weighted by Gasteiger charge is 2.25. The number of ether oxygens (including phenoxy) is 1. The molecule has 0 unspecified atom stereocenters. The van der Waals surface area contributed by atoms with Crippen LogP contribution in [-0.4, -0.2) is 52.7 Å².